The summed E-state index contributed by atoms with van der Waals surface area (Å²) in [7, 11) is 0. The largest absolute Gasteiger partial charge is 0.478 e. The molecule has 2 rings (SSSR count). The van der Waals surface area contributed by atoms with Crippen LogP contribution in [0.4, 0.5) is 0 Å². The Morgan fingerprint density at radius 3 is 2.39 bits per heavy atom. The second kappa shape index (κ2) is 5.52. The normalized spacial score (nSPS) is 10.7. The van der Waals surface area contributed by atoms with Crippen LogP contribution in [0, 0.1) is 0 Å². The summed E-state index contributed by atoms with van der Waals surface area (Å²) in [6, 6.07) is 15.1. The molecule has 2 aromatic rings. The van der Waals surface area contributed by atoms with Crippen LogP contribution in [0.1, 0.15) is 5.56 Å². The summed E-state index contributed by atoms with van der Waals surface area (Å²) < 4.78 is 0. The first-order chi connectivity index (χ1) is 8.66. The topological polar surface area (TPSA) is 37.3 Å². The third kappa shape index (κ3) is 2.99. The first-order valence-corrected chi connectivity index (χ1v) is 5.80. The van der Waals surface area contributed by atoms with Gasteiger partial charge >= 0.3 is 5.97 Å². The Morgan fingerprint density at radius 2 is 1.72 bits per heavy atom. The summed E-state index contributed by atoms with van der Waals surface area (Å²) in [6.45, 7) is 0. The van der Waals surface area contributed by atoms with Crippen LogP contribution in [0.2, 0.25) is 5.02 Å². The Kier molecular flexibility index (Phi) is 3.80. The van der Waals surface area contributed by atoms with Crippen molar-refractivity contribution in [2.45, 2.75) is 0 Å². The van der Waals surface area contributed by atoms with Crippen LogP contribution in [0.5, 0.6) is 0 Å². The first kappa shape index (κ1) is 12.4. The average molecular weight is 259 g/mol. The molecule has 0 aliphatic heterocycles. The van der Waals surface area contributed by atoms with Crippen LogP contribution in [-0.4, -0.2) is 11.1 Å². The summed E-state index contributed by atoms with van der Waals surface area (Å²) in [5.74, 6) is -0.957. The van der Waals surface area contributed by atoms with Gasteiger partial charge in [-0.15, -0.1) is 0 Å². The molecule has 0 radical (unpaired) electrons. The summed E-state index contributed by atoms with van der Waals surface area (Å²) in [6.07, 6.45) is 2.72. The van der Waals surface area contributed by atoms with Gasteiger partial charge in [0.1, 0.15) is 0 Å². The molecule has 0 aromatic heterocycles. The molecule has 0 saturated carbocycles. The highest BCUT2D eigenvalue weighted by atomic mass is 35.5. The predicted molar refractivity (Wildman–Crippen MR) is 73.6 cm³/mol. The predicted octanol–water partition coefficient (Wildman–Crippen LogP) is 4.10. The molecule has 0 aliphatic rings. The highest BCUT2D eigenvalue weighted by Gasteiger charge is 2.02. The summed E-state index contributed by atoms with van der Waals surface area (Å²) in [5, 5.41) is 9.35. The lowest BCUT2D eigenvalue weighted by Crippen LogP contribution is -1.87. The van der Waals surface area contributed by atoms with Crippen molar-refractivity contribution >= 4 is 23.6 Å². The molecular weight excluding hydrogens is 248 g/mol. The van der Waals surface area contributed by atoms with Gasteiger partial charge in [0.05, 0.1) is 0 Å². The Bertz CT molecular complexity index is 586. The Hall–Kier alpha value is -2.06. The number of aliphatic carboxylic acids is 1. The number of hydrogen-bond acceptors (Lipinski definition) is 1. The van der Waals surface area contributed by atoms with Crippen molar-refractivity contribution in [2.24, 2.45) is 0 Å². The second-order valence-electron chi connectivity index (χ2n) is 3.77. The molecule has 0 heterocycles. The standard InChI is InChI=1S/C15H11ClO2/c16-13-8-5-12(6-9-13)14-4-2-1-3-11(14)7-10-15(17)18/h1-10H,(H,17,18)/b10-7+. The van der Waals surface area contributed by atoms with E-state index in [1.165, 1.54) is 0 Å². The van der Waals surface area contributed by atoms with Crippen molar-refractivity contribution in [3.8, 4) is 11.1 Å². The van der Waals surface area contributed by atoms with Crippen molar-refractivity contribution in [2.75, 3.05) is 0 Å². The van der Waals surface area contributed by atoms with Crippen molar-refractivity contribution in [1.29, 1.82) is 0 Å². The van der Waals surface area contributed by atoms with Gasteiger partial charge in [-0.3, -0.25) is 0 Å². The number of carbonyl (C=O) groups is 1. The molecule has 0 unspecified atom stereocenters. The number of rotatable bonds is 3. The van der Waals surface area contributed by atoms with E-state index in [1.54, 1.807) is 6.08 Å². The summed E-state index contributed by atoms with van der Waals surface area (Å²) >= 11 is 5.85. The Morgan fingerprint density at radius 1 is 1.06 bits per heavy atom. The lowest BCUT2D eigenvalue weighted by Gasteiger charge is -2.06. The van der Waals surface area contributed by atoms with Crippen LogP contribution in [0.3, 0.4) is 0 Å². The first-order valence-electron chi connectivity index (χ1n) is 5.43. The Labute approximate surface area is 110 Å². The number of carboxylic acids is 1. The minimum absolute atomic E-state index is 0.678. The smallest absolute Gasteiger partial charge is 0.328 e. The van der Waals surface area contributed by atoms with Crippen LogP contribution >= 0.6 is 11.6 Å². The number of carboxylic acid groups (broad SMARTS) is 1. The third-order valence-corrected chi connectivity index (χ3v) is 2.77. The molecule has 18 heavy (non-hydrogen) atoms. The Balaban J connectivity index is 2.44. The molecule has 0 atom stereocenters. The fourth-order valence-electron chi connectivity index (χ4n) is 1.70. The molecule has 0 spiro atoms. The van der Waals surface area contributed by atoms with Crippen molar-refractivity contribution in [3.05, 3.63) is 65.2 Å². The lowest BCUT2D eigenvalue weighted by molar-refractivity contribution is -0.131. The van der Waals surface area contributed by atoms with Crippen molar-refractivity contribution in [1.82, 2.24) is 0 Å². The van der Waals surface area contributed by atoms with Crippen LogP contribution in [0.25, 0.3) is 17.2 Å². The van der Waals surface area contributed by atoms with Crippen LogP contribution < -0.4 is 0 Å². The maximum Gasteiger partial charge on any atom is 0.328 e. The van der Waals surface area contributed by atoms with Gasteiger partial charge in [-0.05, 0) is 34.9 Å². The molecule has 0 amide bonds. The lowest BCUT2D eigenvalue weighted by atomic mass is 9.99. The van der Waals surface area contributed by atoms with E-state index < -0.39 is 5.97 Å². The quantitative estimate of drug-likeness (QED) is 0.842. The molecule has 3 heteroatoms. The van der Waals surface area contributed by atoms with Gasteiger partial charge in [0.2, 0.25) is 0 Å². The monoisotopic (exact) mass is 258 g/mol. The van der Waals surface area contributed by atoms with Gasteiger partial charge in [-0.2, -0.15) is 0 Å². The van der Waals surface area contributed by atoms with Gasteiger partial charge in [0.15, 0.2) is 0 Å². The van der Waals surface area contributed by atoms with Crippen LogP contribution in [0.15, 0.2) is 54.6 Å². The van der Waals surface area contributed by atoms with Crippen molar-refractivity contribution < 1.29 is 9.90 Å². The maximum atomic E-state index is 10.6. The second-order valence-corrected chi connectivity index (χ2v) is 4.20. The van der Waals surface area contributed by atoms with E-state index >= 15 is 0 Å². The molecule has 0 saturated heterocycles. The zero-order valence-corrected chi connectivity index (χ0v) is 10.3. The third-order valence-electron chi connectivity index (χ3n) is 2.52. The fraction of sp³-hybridized carbons (Fsp3) is 0. The van der Waals surface area contributed by atoms with Gasteiger partial charge in [0.25, 0.3) is 0 Å². The van der Waals surface area contributed by atoms with Gasteiger partial charge in [-0.1, -0.05) is 48.0 Å². The van der Waals surface area contributed by atoms with E-state index in [0.29, 0.717) is 5.02 Å². The van der Waals surface area contributed by atoms with E-state index in [9.17, 15) is 4.79 Å². The summed E-state index contributed by atoms with van der Waals surface area (Å²) in [5.41, 5.74) is 2.85. The summed E-state index contributed by atoms with van der Waals surface area (Å²) in [4.78, 5) is 10.6. The minimum Gasteiger partial charge on any atom is -0.478 e. The van der Waals surface area contributed by atoms with E-state index in [4.69, 9.17) is 16.7 Å². The zero-order valence-electron chi connectivity index (χ0n) is 9.51. The molecule has 0 aliphatic carbocycles. The molecule has 0 fully saturated rings. The zero-order chi connectivity index (χ0) is 13.0. The molecule has 2 aromatic carbocycles. The minimum atomic E-state index is -0.957. The number of hydrogen-bond donors (Lipinski definition) is 1. The SMILES string of the molecule is O=C(O)/C=C/c1ccccc1-c1ccc(Cl)cc1. The highest BCUT2D eigenvalue weighted by Crippen LogP contribution is 2.25. The molecular formula is C15H11ClO2. The van der Waals surface area contributed by atoms with Crippen LogP contribution in [-0.2, 0) is 4.79 Å². The molecule has 0 bridgehead atoms. The maximum absolute atomic E-state index is 10.6. The van der Waals surface area contributed by atoms with Crippen molar-refractivity contribution in [3.63, 3.8) is 0 Å². The average Bonchev–Trinajstić information content (AvgIpc) is 2.38. The van der Waals surface area contributed by atoms with E-state index in [0.717, 1.165) is 22.8 Å². The number of halogens is 1. The van der Waals surface area contributed by atoms with E-state index in [2.05, 4.69) is 0 Å². The van der Waals surface area contributed by atoms with E-state index in [1.807, 2.05) is 48.5 Å². The molecule has 2 nitrogen and oxygen atoms in total. The van der Waals surface area contributed by atoms with Gasteiger partial charge < -0.3 is 5.11 Å². The molecule has 1 N–H and O–H groups in total. The number of benzene rings is 2. The van der Waals surface area contributed by atoms with Gasteiger partial charge in [0, 0.05) is 11.1 Å². The highest BCUT2D eigenvalue weighted by molar-refractivity contribution is 6.30. The molecule has 90 valence electrons. The van der Waals surface area contributed by atoms with Gasteiger partial charge in [-0.25, -0.2) is 4.79 Å². The van der Waals surface area contributed by atoms with E-state index in [-0.39, 0.29) is 0 Å². The fourth-order valence-corrected chi connectivity index (χ4v) is 1.82.